The van der Waals surface area contributed by atoms with Crippen LogP contribution >= 0.6 is 0 Å². The van der Waals surface area contributed by atoms with Crippen molar-refractivity contribution < 1.29 is 4.39 Å². The van der Waals surface area contributed by atoms with Gasteiger partial charge in [-0.05, 0) is 43.9 Å². The molecule has 0 radical (unpaired) electrons. The molecule has 0 amide bonds. The Labute approximate surface area is 141 Å². The van der Waals surface area contributed by atoms with E-state index in [0.29, 0.717) is 0 Å². The predicted octanol–water partition coefficient (Wildman–Crippen LogP) is 3.92. The van der Waals surface area contributed by atoms with Crippen LogP contribution < -0.4 is 5.32 Å². The largest absolute Gasteiger partial charge is 0.383 e. The first-order chi connectivity index (χ1) is 11.6. The minimum absolute atomic E-state index is 0.187. The minimum Gasteiger partial charge on any atom is -0.383 e. The molecule has 4 rings (SSSR count). The van der Waals surface area contributed by atoms with Crippen LogP contribution in [0, 0.1) is 5.82 Å². The van der Waals surface area contributed by atoms with Crippen molar-refractivity contribution in [3.8, 4) is 11.3 Å². The minimum atomic E-state index is -0.187. The number of anilines is 1. The van der Waals surface area contributed by atoms with Gasteiger partial charge in [-0.3, -0.25) is 0 Å². The Kier molecular flexibility index (Phi) is 3.69. The molecule has 1 N–H and O–H groups in total. The summed E-state index contributed by atoms with van der Waals surface area (Å²) in [7, 11) is 4.13. The van der Waals surface area contributed by atoms with Crippen molar-refractivity contribution in [2.24, 2.45) is 0 Å². The molecule has 0 atom stereocenters. The lowest BCUT2D eigenvalue weighted by Gasteiger charge is -2.16. The van der Waals surface area contributed by atoms with Gasteiger partial charge in [-0.25, -0.2) is 9.37 Å². The topological polar surface area (TPSA) is 28.2 Å². The number of likely N-dealkylation sites (N-methyl/N-ethyl adjacent to an activating group) is 1. The maximum atomic E-state index is 13.6. The first-order valence-corrected chi connectivity index (χ1v) is 8.22. The van der Waals surface area contributed by atoms with Crippen LogP contribution in [0.1, 0.15) is 11.1 Å². The van der Waals surface area contributed by atoms with Crippen LogP contribution in [0.15, 0.2) is 42.5 Å². The highest BCUT2D eigenvalue weighted by atomic mass is 19.1. The van der Waals surface area contributed by atoms with Crippen LogP contribution in [0.25, 0.3) is 22.2 Å². The Hall–Kier alpha value is -2.46. The first-order valence-electron chi connectivity index (χ1n) is 8.22. The van der Waals surface area contributed by atoms with Crippen LogP contribution in [-0.2, 0) is 6.42 Å². The number of benzene rings is 2. The molecule has 3 aromatic rings. The van der Waals surface area contributed by atoms with Crippen LogP contribution in [0.5, 0.6) is 0 Å². The van der Waals surface area contributed by atoms with Crippen molar-refractivity contribution in [3.05, 3.63) is 59.4 Å². The number of aromatic nitrogens is 1. The SMILES string of the molecule is CN(C)CCNc1c2c(nc3ccccc13)-c1ccc(F)cc1C2. The van der Waals surface area contributed by atoms with Crippen LogP contribution in [0.4, 0.5) is 10.1 Å². The summed E-state index contributed by atoms with van der Waals surface area (Å²) >= 11 is 0. The number of hydrogen-bond acceptors (Lipinski definition) is 3. The maximum absolute atomic E-state index is 13.6. The van der Waals surface area contributed by atoms with Crippen molar-refractivity contribution >= 4 is 16.6 Å². The van der Waals surface area contributed by atoms with E-state index in [2.05, 4.69) is 30.4 Å². The third-order valence-corrected chi connectivity index (χ3v) is 4.54. The van der Waals surface area contributed by atoms with Gasteiger partial charge in [0.15, 0.2) is 0 Å². The average Bonchev–Trinajstić information content (AvgIpc) is 2.91. The smallest absolute Gasteiger partial charge is 0.123 e. The van der Waals surface area contributed by atoms with Crippen LogP contribution in [-0.4, -0.2) is 37.1 Å². The van der Waals surface area contributed by atoms with E-state index >= 15 is 0 Å². The van der Waals surface area contributed by atoms with Gasteiger partial charge in [0.2, 0.25) is 0 Å². The fourth-order valence-electron chi connectivity index (χ4n) is 3.38. The van der Waals surface area contributed by atoms with Gasteiger partial charge < -0.3 is 10.2 Å². The third-order valence-electron chi connectivity index (χ3n) is 4.54. The van der Waals surface area contributed by atoms with E-state index in [0.717, 1.165) is 52.9 Å². The van der Waals surface area contributed by atoms with Gasteiger partial charge in [-0.2, -0.15) is 0 Å². The molecular formula is C20H20FN3. The van der Waals surface area contributed by atoms with E-state index in [1.807, 2.05) is 24.3 Å². The van der Waals surface area contributed by atoms with Gasteiger partial charge in [0.05, 0.1) is 11.2 Å². The number of hydrogen-bond donors (Lipinski definition) is 1. The molecule has 4 heteroatoms. The molecule has 3 nitrogen and oxygen atoms in total. The molecule has 0 unspecified atom stereocenters. The van der Waals surface area contributed by atoms with Gasteiger partial charge >= 0.3 is 0 Å². The lowest BCUT2D eigenvalue weighted by atomic mass is 10.1. The number of nitrogens with one attached hydrogen (secondary N) is 1. The summed E-state index contributed by atoms with van der Waals surface area (Å²) in [5, 5.41) is 4.72. The second-order valence-electron chi connectivity index (χ2n) is 6.54. The molecule has 0 fully saturated rings. The number of halogens is 1. The molecule has 0 aliphatic heterocycles. The van der Waals surface area contributed by atoms with Gasteiger partial charge in [-0.1, -0.05) is 18.2 Å². The summed E-state index contributed by atoms with van der Waals surface area (Å²) in [5.41, 5.74) is 6.33. The van der Waals surface area contributed by atoms with Gasteiger partial charge in [0.25, 0.3) is 0 Å². The molecule has 0 saturated carbocycles. The summed E-state index contributed by atoms with van der Waals surface area (Å²) in [6.07, 6.45) is 0.727. The van der Waals surface area contributed by atoms with Crippen LogP contribution in [0.3, 0.4) is 0 Å². The maximum Gasteiger partial charge on any atom is 0.123 e. The van der Waals surface area contributed by atoms with E-state index in [-0.39, 0.29) is 5.82 Å². The summed E-state index contributed by atoms with van der Waals surface area (Å²) < 4.78 is 13.6. The highest BCUT2D eigenvalue weighted by molar-refractivity contribution is 5.98. The zero-order valence-corrected chi connectivity index (χ0v) is 13.9. The molecule has 1 aliphatic rings. The summed E-state index contributed by atoms with van der Waals surface area (Å²) in [6.45, 7) is 1.81. The molecule has 1 aromatic heterocycles. The van der Waals surface area contributed by atoms with Crippen molar-refractivity contribution in [1.82, 2.24) is 9.88 Å². The second kappa shape index (κ2) is 5.87. The van der Waals surface area contributed by atoms with Crippen LogP contribution in [0.2, 0.25) is 0 Å². The number of fused-ring (bicyclic) bond motifs is 4. The fraction of sp³-hybridized carbons (Fsp3) is 0.250. The summed E-state index contributed by atoms with van der Waals surface area (Å²) in [4.78, 5) is 7.01. The van der Waals surface area contributed by atoms with Crippen molar-refractivity contribution in [1.29, 1.82) is 0 Å². The van der Waals surface area contributed by atoms with Crippen molar-refractivity contribution in [3.63, 3.8) is 0 Å². The quantitative estimate of drug-likeness (QED) is 0.617. The molecule has 0 bridgehead atoms. The summed E-state index contributed by atoms with van der Waals surface area (Å²) in [5.74, 6) is -0.187. The second-order valence-corrected chi connectivity index (χ2v) is 6.54. The Balaban J connectivity index is 1.85. The zero-order chi connectivity index (χ0) is 16.7. The molecular weight excluding hydrogens is 301 g/mol. The van der Waals surface area contributed by atoms with E-state index in [1.165, 1.54) is 11.6 Å². The fourth-order valence-corrected chi connectivity index (χ4v) is 3.38. The highest BCUT2D eigenvalue weighted by Gasteiger charge is 2.25. The van der Waals surface area contributed by atoms with E-state index in [1.54, 1.807) is 6.07 Å². The van der Waals surface area contributed by atoms with Gasteiger partial charge in [0, 0.05) is 41.7 Å². The zero-order valence-electron chi connectivity index (χ0n) is 13.9. The number of rotatable bonds is 4. The molecule has 0 saturated heterocycles. The van der Waals surface area contributed by atoms with Gasteiger partial charge in [-0.15, -0.1) is 0 Å². The van der Waals surface area contributed by atoms with Crippen molar-refractivity contribution in [2.45, 2.75) is 6.42 Å². The molecule has 2 aromatic carbocycles. The normalized spacial score (nSPS) is 12.5. The monoisotopic (exact) mass is 321 g/mol. The molecule has 1 heterocycles. The molecule has 0 spiro atoms. The lowest BCUT2D eigenvalue weighted by Crippen LogP contribution is -2.21. The standard InChI is InChI=1S/C20H20FN3/c1-24(2)10-9-22-19-16-5-3-4-6-18(16)23-20-15-8-7-14(21)11-13(15)12-17(19)20/h3-8,11H,9-10,12H2,1-2H3,(H,22,23). The third kappa shape index (κ3) is 2.53. The van der Waals surface area contributed by atoms with E-state index < -0.39 is 0 Å². The van der Waals surface area contributed by atoms with E-state index in [4.69, 9.17) is 4.98 Å². The Morgan fingerprint density at radius 1 is 1.17 bits per heavy atom. The Morgan fingerprint density at radius 3 is 2.83 bits per heavy atom. The molecule has 1 aliphatic carbocycles. The molecule has 24 heavy (non-hydrogen) atoms. The van der Waals surface area contributed by atoms with E-state index in [9.17, 15) is 4.39 Å². The average molecular weight is 321 g/mol. The lowest BCUT2D eigenvalue weighted by molar-refractivity contribution is 0.425. The molecule has 122 valence electrons. The highest BCUT2D eigenvalue weighted by Crippen LogP contribution is 2.42. The number of para-hydroxylation sites is 1. The Morgan fingerprint density at radius 2 is 2.00 bits per heavy atom. The van der Waals surface area contributed by atoms with Gasteiger partial charge in [0.1, 0.15) is 5.82 Å². The number of pyridine rings is 1. The first kappa shape index (κ1) is 15.1. The predicted molar refractivity (Wildman–Crippen MR) is 97.0 cm³/mol. The number of nitrogens with zero attached hydrogens (tertiary/aromatic N) is 2. The summed E-state index contributed by atoms with van der Waals surface area (Å²) in [6, 6.07) is 13.2. The van der Waals surface area contributed by atoms with Crippen molar-refractivity contribution in [2.75, 3.05) is 32.5 Å². The Bertz CT molecular complexity index is 918.